The molecule has 0 aromatic heterocycles. The average Bonchev–Trinajstić information content (AvgIpc) is 1.81. The maximum atomic E-state index is 3.45. The highest BCUT2D eigenvalue weighted by Crippen LogP contribution is 1.94. The number of halogens is 1. The minimum Gasteiger partial charge on any atom is -0.297 e. The molecule has 0 spiro atoms. The van der Waals surface area contributed by atoms with Crippen LogP contribution in [0.5, 0.6) is 0 Å². The van der Waals surface area contributed by atoms with Crippen LogP contribution in [0.25, 0.3) is 0 Å². The summed E-state index contributed by atoms with van der Waals surface area (Å²) in [4.78, 5) is 0. The molecule has 0 rings (SSSR count). The smallest absolute Gasteiger partial charge is 0.297 e. The Morgan fingerprint density at radius 1 is 1.62 bits per heavy atom. The Hall–Kier alpha value is 0.986. The molecule has 0 saturated carbocycles. The lowest BCUT2D eigenvalue weighted by atomic mass is 10.2. The Bertz CT molecular complexity index is 61.5. The second kappa shape index (κ2) is 7.99. The molecule has 2 heteroatoms. The highest BCUT2D eigenvalue weighted by Gasteiger charge is 1.78. The Kier molecular flexibility index (Phi) is 8.97. The maximum absolute atomic E-state index is 3.45. The molecule has 0 aromatic rings. The molecule has 0 aromatic carbocycles. The molecule has 0 bridgehead atoms. The molecule has 0 atom stereocenters. The average molecular weight is 187 g/mol. The van der Waals surface area contributed by atoms with Crippen molar-refractivity contribution in [2.45, 2.75) is 26.2 Å². The number of unbranched alkanes of at least 4 members (excludes halogenated alkanes) is 2. The van der Waals surface area contributed by atoms with Crippen LogP contribution < -0.4 is 0 Å². The van der Waals surface area contributed by atoms with E-state index in [-0.39, 0.29) is 18.2 Å². The molecule has 0 heterocycles. The van der Waals surface area contributed by atoms with E-state index in [0.29, 0.717) is 0 Å². The van der Waals surface area contributed by atoms with E-state index in [2.05, 4.69) is 30.1 Å². The van der Waals surface area contributed by atoms with Crippen LogP contribution in [0.3, 0.4) is 0 Å². The molecule has 44 valence electrons. The van der Waals surface area contributed by atoms with Gasteiger partial charge in [0.25, 0.3) is 0 Å². The summed E-state index contributed by atoms with van der Waals surface area (Å²) >= 11 is 3.47. The first-order chi connectivity index (χ1) is 3.91. The second-order valence-corrected chi connectivity index (χ2v) is 4.49. The van der Waals surface area contributed by atoms with Gasteiger partial charge in [0.2, 0.25) is 0 Å². The molecule has 0 aliphatic carbocycles. The second-order valence-electron chi connectivity index (χ2n) is 1.77. The van der Waals surface area contributed by atoms with Crippen LogP contribution in [-0.2, 0) is 0 Å². The van der Waals surface area contributed by atoms with Gasteiger partial charge in [0.15, 0.2) is 0 Å². The van der Waals surface area contributed by atoms with Crippen molar-refractivity contribution in [3.8, 4) is 0 Å². The van der Waals surface area contributed by atoms with Gasteiger partial charge < -0.3 is 0 Å². The fraction of sp³-hybridized carbons (Fsp3) is 0.667. The fourth-order valence-corrected chi connectivity index (χ4v) is 1.66. The minimum atomic E-state index is 0.0180. The van der Waals surface area contributed by atoms with Gasteiger partial charge in [-0.3, -0.25) is 12.9 Å². The van der Waals surface area contributed by atoms with E-state index in [9.17, 15) is 0 Å². The minimum absolute atomic E-state index is 0.0180. The molecule has 0 fully saturated rings. The first-order valence-corrected chi connectivity index (χ1v) is 7.84. The third kappa shape index (κ3) is 6.99. The van der Waals surface area contributed by atoms with E-state index in [1.807, 2.05) is 0 Å². The predicted octanol–water partition coefficient (Wildman–Crippen LogP) is 2.70. The SMILES string of the molecule is CCCCC=[CH][Mg][Br]. The van der Waals surface area contributed by atoms with Gasteiger partial charge in [-0.1, -0.05) is 19.8 Å². The number of rotatable bonds is 4. The quantitative estimate of drug-likeness (QED) is 0.469. The van der Waals surface area contributed by atoms with Crippen LogP contribution in [0.15, 0.2) is 10.3 Å². The van der Waals surface area contributed by atoms with E-state index >= 15 is 0 Å². The highest BCUT2D eigenvalue weighted by atomic mass is 79.9. The van der Waals surface area contributed by atoms with Crippen molar-refractivity contribution in [2.24, 2.45) is 0 Å². The van der Waals surface area contributed by atoms with Crippen LogP contribution in [0.1, 0.15) is 26.2 Å². The first-order valence-electron chi connectivity index (χ1n) is 3.12. The fourth-order valence-electron chi connectivity index (χ4n) is 0.503. The van der Waals surface area contributed by atoms with Crippen molar-refractivity contribution in [1.29, 1.82) is 0 Å². The van der Waals surface area contributed by atoms with E-state index in [0.717, 1.165) is 0 Å². The first kappa shape index (κ1) is 8.99. The van der Waals surface area contributed by atoms with E-state index in [4.69, 9.17) is 0 Å². The van der Waals surface area contributed by atoms with Crippen LogP contribution in [-0.4, -0.2) is 18.2 Å². The summed E-state index contributed by atoms with van der Waals surface area (Å²) in [6, 6.07) is 0. The molecule has 0 aliphatic rings. The van der Waals surface area contributed by atoms with Gasteiger partial charge in [0.05, 0.1) is 0 Å². The molecule has 0 saturated heterocycles. The summed E-state index contributed by atoms with van der Waals surface area (Å²) < 4.78 is 2.29. The van der Waals surface area contributed by atoms with Gasteiger partial charge >= 0.3 is 18.2 Å². The van der Waals surface area contributed by atoms with Crippen LogP contribution in [0, 0.1) is 0 Å². The highest BCUT2D eigenvalue weighted by molar-refractivity contribution is 9.23. The molecule has 0 radical (unpaired) electrons. The van der Waals surface area contributed by atoms with Crippen molar-refractivity contribution < 1.29 is 0 Å². The summed E-state index contributed by atoms with van der Waals surface area (Å²) in [7, 11) is 0. The molecule has 8 heavy (non-hydrogen) atoms. The van der Waals surface area contributed by atoms with Crippen LogP contribution >= 0.6 is 12.9 Å². The van der Waals surface area contributed by atoms with Gasteiger partial charge in [-0.25, -0.2) is 0 Å². The van der Waals surface area contributed by atoms with Crippen LogP contribution in [0.4, 0.5) is 0 Å². The van der Waals surface area contributed by atoms with E-state index < -0.39 is 0 Å². The lowest BCUT2D eigenvalue weighted by Crippen LogP contribution is -1.68. The lowest BCUT2D eigenvalue weighted by Gasteiger charge is -1.85. The topological polar surface area (TPSA) is 0 Å². The number of hydrogen-bond donors (Lipinski definition) is 0. The third-order valence-corrected chi connectivity index (χ3v) is 2.61. The zero-order valence-corrected chi connectivity index (χ0v) is 8.36. The molecule has 0 unspecified atom stereocenters. The monoisotopic (exact) mass is 186 g/mol. The van der Waals surface area contributed by atoms with Crippen molar-refractivity contribution in [2.75, 3.05) is 0 Å². The van der Waals surface area contributed by atoms with Gasteiger partial charge in [0.1, 0.15) is 0 Å². The molecule has 0 aliphatic heterocycles. The third-order valence-electron chi connectivity index (χ3n) is 0.980. The van der Waals surface area contributed by atoms with Crippen molar-refractivity contribution >= 4 is 31.1 Å². The molecule has 0 N–H and O–H groups in total. The largest absolute Gasteiger partial charge is 0.498 e. The molecular formula is C6H11BrMg. The predicted molar refractivity (Wildman–Crippen MR) is 43.3 cm³/mol. The van der Waals surface area contributed by atoms with Gasteiger partial charge in [0, 0.05) is 0 Å². The Morgan fingerprint density at radius 3 is 2.88 bits per heavy atom. The van der Waals surface area contributed by atoms with Crippen LogP contribution in [0.2, 0.25) is 0 Å². The normalized spacial score (nSPS) is 9.75. The summed E-state index contributed by atoms with van der Waals surface area (Å²) in [5.41, 5.74) is 0. The summed E-state index contributed by atoms with van der Waals surface area (Å²) in [6.07, 6.45) is 6.21. The maximum Gasteiger partial charge on any atom is 0.498 e. The van der Waals surface area contributed by atoms with E-state index in [1.165, 1.54) is 19.3 Å². The standard InChI is InChI=1S/C6H11.BrH.Mg/c1-3-5-6-4-2;;/h1,3H,4-6H2,2H3;1H;/q;;+1/p-1. The summed E-state index contributed by atoms with van der Waals surface area (Å²) in [6.45, 7) is 2.22. The summed E-state index contributed by atoms with van der Waals surface area (Å²) in [5, 5.41) is 0. The number of allylic oxidation sites excluding steroid dienone is 1. The van der Waals surface area contributed by atoms with Gasteiger partial charge in [-0.05, 0) is 6.42 Å². The zero-order valence-electron chi connectivity index (χ0n) is 5.36. The Balaban J connectivity index is 2.80. The van der Waals surface area contributed by atoms with E-state index in [1.54, 1.807) is 0 Å². The van der Waals surface area contributed by atoms with Crippen molar-refractivity contribution in [3.63, 3.8) is 0 Å². The Morgan fingerprint density at radius 2 is 2.38 bits per heavy atom. The Labute approximate surface area is 67.3 Å². The number of hydrogen-bond acceptors (Lipinski definition) is 0. The molecular weight excluding hydrogens is 176 g/mol. The van der Waals surface area contributed by atoms with Gasteiger partial charge in [-0.2, -0.15) is 4.21 Å². The molecule has 0 nitrogen and oxygen atoms in total. The van der Waals surface area contributed by atoms with Crippen molar-refractivity contribution in [3.05, 3.63) is 10.3 Å². The zero-order chi connectivity index (χ0) is 6.24. The lowest BCUT2D eigenvalue weighted by molar-refractivity contribution is 0.815. The summed E-state index contributed by atoms with van der Waals surface area (Å²) in [5.74, 6) is 0. The van der Waals surface area contributed by atoms with Gasteiger partial charge in [-0.15, -0.1) is 6.08 Å². The van der Waals surface area contributed by atoms with Crippen molar-refractivity contribution in [1.82, 2.24) is 0 Å². The molecule has 0 amide bonds.